The molecule has 112 valence electrons. The molecule has 0 saturated carbocycles. The van der Waals surface area contributed by atoms with Gasteiger partial charge in [-0.2, -0.15) is 0 Å². The normalized spacial score (nSPS) is 12.0. The SMILES string of the molecule is COc1cccc(C(NN)c2ccc(F)c(C)c2)c1OC. The van der Waals surface area contributed by atoms with Crippen LogP contribution in [0.2, 0.25) is 0 Å². The maximum Gasteiger partial charge on any atom is 0.165 e. The Bertz CT molecular complexity index is 632. The highest BCUT2D eigenvalue weighted by atomic mass is 19.1. The minimum Gasteiger partial charge on any atom is -0.493 e. The van der Waals surface area contributed by atoms with Gasteiger partial charge < -0.3 is 9.47 Å². The largest absolute Gasteiger partial charge is 0.493 e. The van der Waals surface area contributed by atoms with Gasteiger partial charge in [0.15, 0.2) is 11.5 Å². The molecule has 21 heavy (non-hydrogen) atoms. The third-order valence-corrected chi connectivity index (χ3v) is 3.43. The first kappa shape index (κ1) is 15.3. The van der Waals surface area contributed by atoms with E-state index < -0.39 is 0 Å². The molecule has 0 bridgehead atoms. The number of para-hydroxylation sites is 1. The average Bonchev–Trinajstić information content (AvgIpc) is 2.51. The molecular weight excluding hydrogens is 271 g/mol. The summed E-state index contributed by atoms with van der Waals surface area (Å²) in [5, 5.41) is 0. The average molecular weight is 290 g/mol. The lowest BCUT2D eigenvalue weighted by molar-refractivity contribution is 0.349. The van der Waals surface area contributed by atoms with Crippen molar-refractivity contribution >= 4 is 0 Å². The number of nitrogens with one attached hydrogen (secondary N) is 1. The van der Waals surface area contributed by atoms with E-state index in [1.54, 1.807) is 33.3 Å². The first-order valence-corrected chi connectivity index (χ1v) is 6.55. The minimum atomic E-state index is -0.325. The quantitative estimate of drug-likeness (QED) is 0.656. The van der Waals surface area contributed by atoms with Crippen LogP contribution in [-0.4, -0.2) is 14.2 Å². The van der Waals surface area contributed by atoms with E-state index in [1.165, 1.54) is 6.07 Å². The van der Waals surface area contributed by atoms with Gasteiger partial charge in [-0.25, -0.2) is 9.82 Å². The summed E-state index contributed by atoms with van der Waals surface area (Å²) in [6.45, 7) is 1.72. The lowest BCUT2D eigenvalue weighted by Crippen LogP contribution is -2.29. The zero-order valence-corrected chi connectivity index (χ0v) is 12.3. The third kappa shape index (κ3) is 2.99. The summed E-state index contributed by atoms with van der Waals surface area (Å²) in [7, 11) is 3.15. The number of hydrogen-bond donors (Lipinski definition) is 2. The molecule has 0 fully saturated rings. The molecule has 0 heterocycles. The maximum atomic E-state index is 13.4. The second-order valence-corrected chi connectivity index (χ2v) is 4.69. The van der Waals surface area contributed by atoms with Crippen LogP contribution in [0, 0.1) is 12.7 Å². The zero-order chi connectivity index (χ0) is 15.4. The fourth-order valence-electron chi connectivity index (χ4n) is 2.35. The molecule has 2 rings (SSSR count). The molecule has 5 heteroatoms. The Balaban J connectivity index is 2.53. The Morgan fingerprint density at radius 3 is 2.48 bits per heavy atom. The smallest absolute Gasteiger partial charge is 0.165 e. The molecule has 2 aromatic rings. The van der Waals surface area contributed by atoms with Gasteiger partial charge in [0.05, 0.1) is 20.3 Å². The summed E-state index contributed by atoms with van der Waals surface area (Å²) < 4.78 is 24.2. The van der Waals surface area contributed by atoms with Gasteiger partial charge in [0, 0.05) is 5.56 Å². The Kier molecular flexibility index (Phi) is 4.77. The number of ether oxygens (including phenoxy) is 2. The standard InChI is InChI=1S/C16H19FN2O2/c1-10-9-11(7-8-13(10)17)15(19-18)12-5-4-6-14(20-2)16(12)21-3/h4-9,15,19H,18H2,1-3H3. The van der Waals surface area contributed by atoms with E-state index in [2.05, 4.69) is 5.43 Å². The molecule has 4 nitrogen and oxygen atoms in total. The second-order valence-electron chi connectivity index (χ2n) is 4.69. The molecule has 0 radical (unpaired) electrons. The Labute approximate surface area is 123 Å². The number of aryl methyl sites for hydroxylation is 1. The highest BCUT2D eigenvalue weighted by Crippen LogP contribution is 2.37. The predicted molar refractivity (Wildman–Crippen MR) is 79.8 cm³/mol. The van der Waals surface area contributed by atoms with E-state index in [9.17, 15) is 4.39 Å². The van der Waals surface area contributed by atoms with Crippen molar-refractivity contribution < 1.29 is 13.9 Å². The van der Waals surface area contributed by atoms with Gasteiger partial charge in [0.1, 0.15) is 5.82 Å². The van der Waals surface area contributed by atoms with Crippen LogP contribution in [0.15, 0.2) is 36.4 Å². The van der Waals surface area contributed by atoms with Crippen molar-refractivity contribution in [1.82, 2.24) is 5.43 Å². The van der Waals surface area contributed by atoms with Crippen molar-refractivity contribution in [3.63, 3.8) is 0 Å². The van der Waals surface area contributed by atoms with Crippen molar-refractivity contribution in [2.24, 2.45) is 5.84 Å². The Morgan fingerprint density at radius 1 is 1.14 bits per heavy atom. The van der Waals surface area contributed by atoms with Gasteiger partial charge in [0.25, 0.3) is 0 Å². The summed E-state index contributed by atoms with van der Waals surface area (Å²) in [5.74, 6) is 6.68. The van der Waals surface area contributed by atoms with Gasteiger partial charge in [-0.15, -0.1) is 0 Å². The van der Waals surface area contributed by atoms with Crippen LogP contribution < -0.4 is 20.7 Å². The van der Waals surface area contributed by atoms with E-state index >= 15 is 0 Å². The molecule has 0 aliphatic heterocycles. The molecule has 0 spiro atoms. The summed E-state index contributed by atoms with van der Waals surface area (Å²) in [6.07, 6.45) is 0. The molecule has 0 amide bonds. The monoisotopic (exact) mass is 290 g/mol. The summed E-state index contributed by atoms with van der Waals surface area (Å²) in [4.78, 5) is 0. The van der Waals surface area contributed by atoms with Crippen molar-refractivity contribution in [2.75, 3.05) is 14.2 Å². The van der Waals surface area contributed by atoms with Crippen molar-refractivity contribution in [3.05, 3.63) is 58.9 Å². The van der Waals surface area contributed by atoms with Gasteiger partial charge in [-0.05, 0) is 30.2 Å². The zero-order valence-electron chi connectivity index (χ0n) is 12.3. The van der Waals surface area contributed by atoms with E-state index in [0.717, 1.165) is 11.1 Å². The van der Waals surface area contributed by atoms with Crippen LogP contribution >= 0.6 is 0 Å². The molecule has 0 aliphatic rings. The maximum absolute atomic E-state index is 13.4. The fourth-order valence-corrected chi connectivity index (χ4v) is 2.35. The summed E-state index contributed by atoms with van der Waals surface area (Å²) >= 11 is 0. The number of benzene rings is 2. The molecule has 1 atom stereocenters. The lowest BCUT2D eigenvalue weighted by atomic mass is 9.96. The number of rotatable bonds is 5. The van der Waals surface area contributed by atoms with Crippen molar-refractivity contribution in [2.45, 2.75) is 13.0 Å². The Morgan fingerprint density at radius 2 is 1.90 bits per heavy atom. The minimum absolute atomic E-state index is 0.243. The van der Waals surface area contributed by atoms with E-state index in [4.69, 9.17) is 15.3 Å². The molecule has 1 unspecified atom stereocenters. The molecule has 2 aromatic carbocycles. The predicted octanol–water partition coefficient (Wildman–Crippen LogP) is 2.70. The first-order valence-electron chi connectivity index (χ1n) is 6.55. The fraction of sp³-hybridized carbons (Fsp3) is 0.250. The van der Waals surface area contributed by atoms with Crippen molar-refractivity contribution in [1.29, 1.82) is 0 Å². The van der Waals surface area contributed by atoms with Gasteiger partial charge >= 0.3 is 0 Å². The van der Waals surface area contributed by atoms with E-state index in [1.807, 2.05) is 18.2 Å². The molecular formula is C16H19FN2O2. The van der Waals surface area contributed by atoms with Crippen LogP contribution in [0.25, 0.3) is 0 Å². The third-order valence-electron chi connectivity index (χ3n) is 3.43. The van der Waals surface area contributed by atoms with Crippen LogP contribution in [-0.2, 0) is 0 Å². The highest BCUT2D eigenvalue weighted by Gasteiger charge is 2.20. The number of nitrogens with two attached hydrogens (primary N) is 1. The van der Waals surface area contributed by atoms with Crippen LogP contribution in [0.3, 0.4) is 0 Å². The number of hydrogen-bond acceptors (Lipinski definition) is 4. The first-order chi connectivity index (χ1) is 10.1. The topological polar surface area (TPSA) is 56.5 Å². The molecule has 0 saturated heterocycles. The second kappa shape index (κ2) is 6.56. The van der Waals surface area contributed by atoms with Crippen molar-refractivity contribution in [3.8, 4) is 11.5 Å². The highest BCUT2D eigenvalue weighted by molar-refractivity contribution is 5.50. The molecule has 0 aromatic heterocycles. The van der Waals surface area contributed by atoms with Gasteiger partial charge in [-0.3, -0.25) is 5.84 Å². The number of methoxy groups -OCH3 is 2. The van der Waals surface area contributed by atoms with E-state index in [-0.39, 0.29) is 11.9 Å². The lowest BCUT2D eigenvalue weighted by Gasteiger charge is -2.21. The molecule has 3 N–H and O–H groups in total. The molecule has 0 aliphatic carbocycles. The number of hydrazine groups is 1. The van der Waals surface area contributed by atoms with Gasteiger partial charge in [0.2, 0.25) is 0 Å². The Hall–Kier alpha value is -2.11. The summed E-state index contributed by atoms with van der Waals surface area (Å²) in [5.41, 5.74) is 4.99. The van der Waals surface area contributed by atoms with Crippen LogP contribution in [0.1, 0.15) is 22.7 Å². The van der Waals surface area contributed by atoms with Crippen LogP contribution in [0.5, 0.6) is 11.5 Å². The van der Waals surface area contributed by atoms with Gasteiger partial charge in [-0.1, -0.05) is 24.3 Å². The number of halogens is 1. The van der Waals surface area contributed by atoms with E-state index in [0.29, 0.717) is 17.1 Å². The van der Waals surface area contributed by atoms with Crippen LogP contribution in [0.4, 0.5) is 4.39 Å². The summed E-state index contributed by atoms with van der Waals surface area (Å²) in [6, 6.07) is 10.1.